The molecule has 3 N–H and O–H groups in total. The van der Waals surface area contributed by atoms with Crippen molar-refractivity contribution < 1.29 is 37.3 Å². The van der Waals surface area contributed by atoms with E-state index in [9.17, 15) is 23.1 Å². The van der Waals surface area contributed by atoms with Crippen molar-refractivity contribution in [1.29, 1.82) is 5.26 Å². The van der Waals surface area contributed by atoms with E-state index in [-0.39, 0.29) is 41.9 Å². The number of carbonyl (C=O) groups excluding carboxylic acids is 1. The maximum Gasteiger partial charge on any atom is 0.326 e. The van der Waals surface area contributed by atoms with E-state index in [1.54, 1.807) is 55.5 Å². The first-order valence-electron chi connectivity index (χ1n) is 20.7. The van der Waals surface area contributed by atoms with Crippen LogP contribution in [0.1, 0.15) is 59.0 Å². The van der Waals surface area contributed by atoms with Crippen LogP contribution in [0.25, 0.3) is 11.1 Å². The first kappa shape index (κ1) is 45.4. The molecule has 0 saturated carbocycles. The highest BCUT2D eigenvalue weighted by Gasteiger charge is 2.43. The number of hydrogen-bond donors (Lipinski definition) is 3. The molecule has 13 nitrogen and oxygen atoms in total. The Hall–Kier alpha value is -6.15. The van der Waals surface area contributed by atoms with E-state index in [1.807, 2.05) is 68.4 Å². The van der Waals surface area contributed by atoms with Crippen LogP contribution in [0, 0.1) is 18.3 Å². The molecule has 65 heavy (non-hydrogen) atoms. The number of aromatic nitrogens is 1. The molecule has 8 rings (SSSR count). The number of amides is 1. The van der Waals surface area contributed by atoms with Crippen LogP contribution in [-0.4, -0.2) is 59.4 Å². The second-order valence-electron chi connectivity index (χ2n) is 16.0. The third kappa shape index (κ3) is 10.2. The summed E-state index contributed by atoms with van der Waals surface area (Å²) < 4.78 is 49.2. The van der Waals surface area contributed by atoms with E-state index >= 15 is 0 Å². The van der Waals surface area contributed by atoms with Gasteiger partial charge in [0.05, 0.1) is 27.4 Å². The second kappa shape index (κ2) is 19.1. The third-order valence-electron chi connectivity index (χ3n) is 11.0. The predicted molar refractivity (Wildman–Crippen MR) is 248 cm³/mol. The number of rotatable bonds is 14. The smallest absolute Gasteiger partial charge is 0.326 e. The van der Waals surface area contributed by atoms with E-state index in [4.69, 9.17) is 42.7 Å². The van der Waals surface area contributed by atoms with E-state index in [0.717, 1.165) is 37.9 Å². The zero-order valence-corrected chi connectivity index (χ0v) is 38.5. The second-order valence-corrected chi connectivity index (χ2v) is 19.9. The lowest BCUT2D eigenvalue weighted by atomic mass is 9.94. The molecule has 334 valence electrons. The molecule has 3 heterocycles. The summed E-state index contributed by atoms with van der Waals surface area (Å²) in [5, 5.41) is 26.6. The Kier molecular flexibility index (Phi) is 13.4. The number of carboxylic acid groups (broad SMARTS) is 1. The van der Waals surface area contributed by atoms with Gasteiger partial charge < -0.3 is 30.0 Å². The van der Waals surface area contributed by atoms with E-state index in [2.05, 4.69) is 21.7 Å². The average Bonchev–Trinajstić information content (AvgIpc) is 3.67. The number of anilines is 1. The minimum Gasteiger partial charge on any atom is -0.489 e. The van der Waals surface area contributed by atoms with Gasteiger partial charge in [0.15, 0.2) is 26.9 Å². The van der Waals surface area contributed by atoms with E-state index in [0.29, 0.717) is 61.3 Å². The molecular weight excluding hydrogens is 910 g/mol. The lowest BCUT2D eigenvalue weighted by Gasteiger charge is -2.36. The maximum atomic E-state index is 14.7. The Morgan fingerprint density at radius 1 is 0.938 bits per heavy atom. The molecule has 0 aliphatic carbocycles. The molecule has 2 aliphatic heterocycles. The summed E-state index contributed by atoms with van der Waals surface area (Å²) in [5.74, 6) is -0.551. The topological polar surface area (TPSA) is 180 Å². The number of nitrogens with one attached hydrogen (secondary N) is 2. The molecular formula is C48H43Cl2N5O8S2. The quantitative estimate of drug-likeness (QED) is 0.0948. The summed E-state index contributed by atoms with van der Waals surface area (Å²) in [7, 11) is -4.37. The van der Waals surface area contributed by atoms with Crippen LogP contribution in [0.15, 0.2) is 107 Å². The van der Waals surface area contributed by atoms with Crippen molar-refractivity contribution in [1.82, 2.24) is 14.6 Å². The van der Waals surface area contributed by atoms with Gasteiger partial charge in [0.1, 0.15) is 31.0 Å². The van der Waals surface area contributed by atoms with Gasteiger partial charge >= 0.3 is 5.97 Å². The van der Waals surface area contributed by atoms with Crippen LogP contribution in [-0.2, 0) is 45.6 Å². The molecule has 1 aromatic heterocycles. The Morgan fingerprint density at radius 3 is 2.28 bits per heavy atom. The third-order valence-corrected chi connectivity index (χ3v) is 15.3. The van der Waals surface area contributed by atoms with Crippen molar-refractivity contribution in [3.8, 4) is 34.4 Å². The highest BCUT2D eigenvalue weighted by molar-refractivity contribution is 7.91. The lowest BCUT2D eigenvalue weighted by molar-refractivity contribution is -0.142. The number of nitrogens with zero attached hydrogens (tertiary/aromatic N) is 3. The number of thiazole rings is 1. The Bertz CT molecular complexity index is 2900. The molecule has 2 aliphatic rings. The van der Waals surface area contributed by atoms with E-state index < -0.39 is 40.1 Å². The number of aryl methyl sites for hydroxylation is 1. The number of sulfonamides is 1. The average molecular weight is 953 g/mol. The van der Waals surface area contributed by atoms with Crippen molar-refractivity contribution in [2.75, 3.05) is 11.9 Å². The number of nitriles is 1. The number of hydrogen-bond acceptors (Lipinski definition) is 11. The summed E-state index contributed by atoms with van der Waals surface area (Å²) in [6, 6.07) is 30.0. The van der Waals surface area contributed by atoms with Gasteiger partial charge in [-0.05, 0) is 115 Å². The normalized spacial score (nSPS) is 16.3. The standard InChI is InChI=1S/C48H43Cl2N5O8S2/c1-27(2)52-48-53-28(3)47(64-48)65(59,60)55-24-36-22-43-42(62-26-44(63-43)34-13-15-37(16-14-34)61-25-31-8-17-38(49)39(50)18-31)21-35(36)20-41(55)45(56)54-40(46(57)58)19-29-4-9-32(10-5-29)33-11-6-30(23-51)7-12-33/h4-18,21-22,27,40-41,44H,19-20,24-26H2,1-3H3,(H,52,53)(H,54,56)(H,57,58)/t40?,41-,44+/m0/s1. The molecule has 17 heteroatoms. The lowest BCUT2D eigenvalue weighted by Crippen LogP contribution is -2.55. The molecule has 1 amide bonds. The first-order valence-corrected chi connectivity index (χ1v) is 23.7. The fourth-order valence-corrected chi connectivity index (χ4v) is 11.2. The molecule has 5 aromatic carbocycles. The van der Waals surface area contributed by atoms with Crippen molar-refractivity contribution >= 4 is 61.6 Å². The summed E-state index contributed by atoms with van der Waals surface area (Å²) in [6.45, 7) is 5.70. The molecule has 6 aromatic rings. The number of halogens is 2. The number of aliphatic carboxylic acids is 1. The van der Waals surface area contributed by atoms with Gasteiger partial charge in [0.2, 0.25) is 5.91 Å². The number of carbonyl (C=O) groups is 2. The van der Waals surface area contributed by atoms with Gasteiger partial charge in [-0.25, -0.2) is 18.2 Å². The minimum absolute atomic E-state index is 0.0136. The van der Waals surface area contributed by atoms with Gasteiger partial charge in [-0.15, -0.1) is 0 Å². The monoisotopic (exact) mass is 951 g/mol. The van der Waals surface area contributed by atoms with Crippen molar-refractivity contribution in [3.05, 3.63) is 152 Å². The van der Waals surface area contributed by atoms with Gasteiger partial charge in [0.25, 0.3) is 10.0 Å². The van der Waals surface area contributed by atoms with Gasteiger partial charge in [-0.1, -0.05) is 89.1 Å². The fraction of sp³-hybridized carbons (Fsp3) is 0.250. The van der Waals surface area contributed by atoms with Gasteiger partial charge in [0, 0.05) is 19.0 Å². The largest absolute Gasteiger partial charge is 0.489 e. The van der Waals surface area contributed by atoms with Crippen molar-refractivity contribution in [3.63, 3.8) is 0 Å². The highest BCUT2D eigenvalue weighted by atomic mass is 35.5. The SMILES string of the molecule is Cc1nc(NC(C)C)sc1S(=O)(=O)N1Cc2cc3c(cc2C[C@H]1C(=O)NC(Cc1ccc(-c2ccc(C#N)cc2)cc1)C(=O)O)OC[C@H](c1ccc(OCc2ccc(Cl)c(Cl)c2)cc1)O3. The molecule has 3 atom stereocenters. The molecule has 0 saturated heterocycles. The minimum atomic E-state index is -4.37. The van der Waals surface area contributed by atoms with Gasteiger partial charge in [-0.3, -0.25) is 4.79 Å². The number of fused-ring (bicyclic) bond motifs is 2. The van der Waals surface area contributed by atoms with Crippen LogP contribution >= 0.6 is 34.5 Å². The maximum absolute atomic E-state index is 14.7. The molecule has 0 fully saturated rings. The Labute approximate surface area is 390 Å². The number of carboxylic acids is 1. The van der Waals surface area contributed by atoms with E-state index in [1.165, 1.54) is 0 Å². The Morgan fingerprint density at radius 2 is 1.62 bits per heavy atom. The summed E-state index contributed by atoms with van der Waals surface area (Å²) in [6.07, 6.45) is -0.611. The Balaban J connectivity index is 1.03. The van der Waals surface area contributed by atoms with Crippen LogP contribution in [0.4, 0.5) is 5.13 Å². The van der Waals surface area contributed by atoms with Gasteiger partial charge in [-0.2, -0.15) is 9.57 Å². The van der Waals surface area contributed by atoms with Crippen LogP contribution < -0.4 is 24.8 Å². The summed E-state index contributed by atoms with van der Waals surface area (Å²) >= 11 is 13.2. The predicted octanol–water partition coefficient (Wildman–Crippen LogP) is 9.14. The first-order chi connectivity index (χ1) is 31.1. The fourth-order valence-electron chi connectivity index (χ4n) is 7.65. The van der Waals surface area contributed by atoms with Crippen LogP contribution in [0.2, 0.25) is 10.0 Å². The number of benzene rings is 5. The summed E-state index contributed by atoms with van der Waals surface area (Å²) in [5.41, 5.74) is 6.16. The van der Waals surface area contributed by atoms with Crippen molar-refractivity contribution in [2.45, 2.75) is 75.2 Å². The zero-order valence-electron chi connectivity index (χ0n) is 35.4. The molecule has 1 unspecified atom stereocenters. The van der Waals surface area contributed by atoms with Crippen LogP contribution in [0.5, 0.6) is 17.2 Å². The summed E-state index contributed by atoms with van der Waals surface area (Å²) in [4.78, 5) is 31.5. The van der Waals surface area contributed by atoms with Crippen LogP contribution in [0.3, 0.4) is 0 Å². The number of ether oxygens (including phenoxy) is 3. The zero-order chi connectivity index (χ0) is 46.0. The molecule has 0 radical (unpaired) electrons. The highest BCUT2D eigenvalue weighted by Crippen LogP contribution is 2.43. The molecule has 0 spiro atoms. The molecule has 0 bridgehead atoms. The van der Waals surface area contributed by atoms with Crippen molar-refractivity contribution in [2.24, 2.45) is 0 Å².